The summed E-state index contributed by atoms with van der Waals surface area (Å²) >= 11 is 0. The minimum atomic E-state index is 0.467. The number of nitrogens with two attached hydrogens (primary N) is 1. The molecule has 0 unspecified atom stereocenters. The van der Waals surface area contributed by atoms with Crippen LogP contribution in [0.5, 0.6) is 5.75 Å². The highest BCUT2D eigenvalue weighted by molar-refractivity contribution is 5.77. The lowest BCUT2D eigenvalue weighted by Crippen LogP contribution is -2.09. The molecule has 0 radical (unpaired) electrons. The van der Waals surface area contributed by atoms with Crippen LogP contribution in [0.3, 0.4) is 0 Å². The fourth-order valence-corrected chi connectivity index (χ4v) is 2.08. The average molecular weight is 247 g/mol. The highest BCUT2D eigenvalue weighted by atomic mass is 16.5. The van der Waals surface area contributed by atoms with Crippen molar-refractivity contribution in [1.82, 2.24) is 9.55 Å². The molecule has 0 fully saturated rings. The molecule has 0 bridgehead atoms. The van der Waals surface area contributed by atoms with E-state index in [9.17, 15) is 0 Å². The van der Waals surface area contributed by atoms with Gasteiger partial charge in [-0.15, -0.1) is 0 Å². The SMILES string of the molecule is COc1ccc2c(c1)nc(CN)n2CCC(C)C. The Labute approximate surface area is 108 Å². The van der Waals surface area contributed by atoms with Gasteiger partial charge in [-0.3, -0.25) is 0 Å². The number of aromatic nitrogens is 2. The Hall–Kier alpha value is -1.55. The monoisotopic (exact) mass is 247 g/mol. The summed E-state index contributed by atoms with van der Waals surface area (Å²) in [6.45, 7) is 5.89. The molecule has 98 valence electrons. The van der Waals surface area contributed by atoms with Gasteiger partial charge in [0.2, 0.25) is 0 Å². The molecule has 0 saturated heterocycles. The van der Waals surface area contributed by atoms with E-state index in [1.54, 1.807) is 7.11 Å². The standard InChI is InChI=1S/C14H21N3O/c1-10(2)6-7-17-13-5-4-11(18-3)8-12(13)16-14(17)9-15/h4-5,8,10H,6-7,9,15H2,1-3H3. The first-order valence-electron chi connectivity index (χ1n) is 6.39. The van der Waals surface area contributed by atoms with E-state index in [0.29, 0.717) is 12.5 Å². The number of aryl methyl sites for hydroxylation is 1. The fraction of sp³-hybridized carbons (Fsp3) is 0.500. The minimum absolute atomic E-state index is 0.467. The number of fused-ring (bicyclic) bond motifs is 1. The first kappa shape index (κ1) is 12.9. The van der Waals surface area contributed by atoms with Crippen LogP contribution in [-0.2, 0) is 13.1 Å². The van der Waals surface area contributed by atoms with E-state index in [0.717, 1.165) is 35.6 Å². The summed E-state index contributed by atoms with van der Waals surface area (Å²) in [5.41, 5.74) is 7.87. The van der Waals surface area contributed by atoms with Crippen LogP contribution in [0.2, 0.25) is 0 Å². The third-order valence-corrected chi connectivity index (χ3v) is 3.15. The van der Waals surface area contributed by atoms with E-state index in [-0.39, 0.29) is 0 Å². The number of rotatable bonds is 5. The van der Waals surface area contributed by atoms with Gasteiger partial charge in [0.15, 0.2) is 0 Å². The Bertz CT molecular complexity index is 531. The van der Waals surface area contributed by atoms with Gasteiger partial charge >= 0.3 is 0 Å². The molecule has 2 aromatic rings. The van der Waals surface area contributed by atoms with Crippen molar-refractivity contribution < 1.29 is 4.74 Å². The van der Waals surface area contributed by atoms with Crippen LogP contribution in [0.15, 0.2) is 18.2 Å². The van der Waals surface area contributed by atoms with Crippen LogP contribution in [-0.4, -0.2) is 16.7 Å². The molecule has 0 spiro atoms. The van der Waals surface area contributed by atoms with Crippen LogP contribution in [0.4, 0.5) is 0 Å². The molecule has 1 heterocycles. The fourth-order valence-electron chi connectivity index (χ4n) is 2.08. The summed E-state index contributed by atoms with van der Waals surface area (Å²) < 4.78 is 7.44. The largest absolute Gasteiger partial charge is 0.497 e. The summed E-state index contributed by atoms with van der Waals surface area (Å²) in [7, 11) is 1.67. The summed E-state index contributed by atoms with van der Waals surface area (Å²) in [6.07, 6.45) is 1.13. The molecule has 1 aromatic carbocycles. The molecular weight excluding hydrogens is 226 g/mol. The van der Waals surface area contributed by atoms with Gasteiger partial charge < -0.3 is 15.0 Å². The third kappa shape index (κ3) is 2.48. The highest BCUT2D eigenvalue weighted by Crippen LogP contribution is 2.22. The first-order valence-corrected chi connectivity index (χ1v) is 6.39. The molecule has 0 aliphatic carbocycles. The minimum Gasteiger partial charge on any atom is -0.497 e. The number of benzene rings is 1. The molecule has 4 nitrogen and oxygen atoms in total. The molecule has 0 aliphatic rings. The van der Waals surface area contributed by atoms with E-state index >= 15 is 0 Å². The maximum absolute atomic E-state index is 5.78. The van der Waals surface area contributed by atoms with Crippen molar-refractivity contribution >= 4 is 11.0 Å². The van der Waals surface area contributed by atoms with Crippen molar-refractivity contribution in [3.63, 3.8) is 0 Å². The molecule has 0 aliphatic heterocycles. The Morgan fingerprint density at radius 1 is 1.39 bits per heavy atom. The molecule has 18 heavy (non-hydrogen) atoms. The van der Waals surface area contributed by atoms with Gasteiger partial charge in [0.05, 0.1) is 24.7 Å². The predicted octanol–water partition coefficient (Wildman–Crippen LogP) is 2.55. The highest BCUT2D eigenvalue weighted by Gasteiger charge is 2.10. The third-order valence-electron chi connectivity index (χ3n) is 3.15. The topological polar surface area (TPSA) is 53.1 Å². The van der Waals surface area contributed by atoms with Gasteiger partial charge in [-0.1, -0.05) is 13.8 Å². The lowest BCUT2D eigenvalue weighted by atomic mass is 10.1. The number of nitrogens with zero attached hydrogens (tertiary/aromatic N) is 2. The molecule has 4 heteroatoms. The van der Waals surface area contributed by atoms with E-state index in [1.165, 1.54) is 0 Å². The number of imidazole rings is 1. The second kappa shape index (κ2) is 5.40. The molecule has 0 atom stereocenters. The second-order valence-corrected chi connectivity index (χ2v) is 4.92. The zero-order valence-corrected chi connectivity index (χ0v) is 11.3. The lowest BCUT2D eigenvalue weighted by Gasteiger charge is -2.10. The van der Waals surface area contributed by atoms with Crippen LogP contribution >= 0.6 is 0 Å². The maximum Gasteiger partial charge on any atom is 0.123 e. The van der Waals surface area contributed by atoms with E-state index < -0.39 is 0 Å². The molecule has 0 amide bonds. The van der Waals surface area contributed by atoms with Gasteiger partial charge in [-0.2, -0.15) is 0 Å². The normalized spacial score (nSPS) is 11.4. The average Bonchev–Trinajstić information content (AvgIpc) is 2.72. The second-order valence-electron chi connectivity index (χ2n) is 4.92. The summed E-state index contributed by atoms with van der Waals surface area (Å²) in [5, 5.41) is 0. The van der Waals surface area contributed by atoms with Crippen molar-refractivity contribution in [2.45, 2.75) is 33.4 Å². The zero-order valence-electron chi connectivity index (χ0n) is 11.3. The summed E-state index contributed by atoms with van der Waals surface area (Å²) in [4.78, 5) is 4.58. The number of hydrogen-bond donors (Lipinski definition) is 1. The van der Waals surface area contributed by atoms with Crippen molar-refractivity contribution in [2.24, 2.45) is 11.7 Å². The van der Waals surface area contributed by atoms with Gasteiger partial charge in [-0.05, 0) is 24.5 Å². The maximum atomic E-state index is 5.78. The van der Waals surface area contributed by atoms with Gasteiger partial charge in [-0.25, -0.2) is 4.98 Å². The van der Waals surface area contributed by atoms with Crippen LogP contribution in [0.25, 0.3) is 11.0 Å². The van der Waals surface area contributed by atoms with Gasteiger partial charge in [0, 0.05) is 12.6 Å². The molecule has 2 rings (SSSR count). The van der Waals surface area contributed by atoms with Crippen LogP contribution < -0.4 is 10.5 Å². The predicted molar refractivity (Wildman–Crippen MR) is 73.6 cm³/mol. The molecule has 1 aromatic heterocycles. The zero-order chi connectivity index (χ0) is 13.1. The van der Waals surface area contributed by atoms with Gasteiger partial charge in [0.1, 0.15) is 11.6 Å². The van der Waals surface area contributed by atoms with Crippen LogP contribution in [0, 0.1) is 5.92 Å². The van der Waals surface area contributed by atoms with E-state index in [4.69, 9.17) is 10.5 Å². The van der Waals surface area contributed by atoms with Crippen LogP contribution in [0.1, 0.15) is 26.1 Å². The number of methoxy groups -OCH3 is 1. The summed E-state index contributed by atoms with van der Waals surface area (Å²) in [6, 6.07) is 5.98. The number of ether oxygens (including phenoxy) is 1. The van der Waals surface area contributed by atoms with Crippen molar-refractivity contribution in [3.8, 4) is 5.75 Å². The lowest BCUT2D eigenvalue weighted by molar-refractivity contribution is 0.415. The molecular formula is C14H21N3O. The van der Waals surface area contributed by atoms with Gasteiger partial charge in [0.25, 0.3) is 0 Å². The van der Waals surface area contributed by atoms with Crippen molar-refractivity contribution in [2.75, 3.05) is 7.11 Å². The summed E-state index contributed by atoms with van der Waals surface area (Å²) in [5.74, 6) is 2.45. The van der Waals surface area contributed by atoms with Crippen molar-refractivity contribution in [1.29, 1.82) is 0 Å². The Kier molecular flexibility index (Phi) is 3.87. The van der Waals surface area contributed by atoms with E-state index in [2.05, 4.69) is 29.5 Å². The van der Waals surface area contributed by atoms with Crippen molar-refractivity contribution in [3.05, 3.63) is 24.0 Å². The Morgan fingerprint density at radius 2 is 2.17 bits per heavy atom. The quantitative estimate of drug-likeness (QED) is 0.883. The molecule has 2 N–H and O–H groups in total. The number of hydrogen-bond acceptors (Lipinski definition) is 3. The first-order chi connectivity index (χ1) is 8.65. The Morgan fingerprint density at radius 3 is 2.78 bits per heavy atom. The smallest absolute Gasteiger partial charge is 0.123 e. The Balaban J connectivity index is 2.42. The van der Waals surface area contributed by atoms with E-state index in [1.807, 2.05) is 12.1 Å². The molecule has 0 saturated carbocycles.